The van der Waals surface area contributed by atoms with Crippen molar-refractivity contribution in [3.63, 3.8) is 0 Å². The maximum absolute atomic E-state index is 13.8. The quantitative estimate of drug-likeness (QED) is 0.585. The van der Waals surface area contributed by atoms with Crippen molar-refractivity contribution in [2.45, 2.75) is 25.3 Å². The molecule has 0 aliphatic heterocycles. The Labute approximate surface area is 117 Å². The molecule has 2 nitrogen and oxygen atoms in total. The van der Waals surface area contributed by atoms with Crippen molar-refractivity contribution >= 4 is 11.8 Å². The van der Waals surface area contributed by atoms with Crippen molar-refractivity contribution in [3.05, 3.63) is 29.3 Å². The van der Waals surface area contributed by atoms with E-state index in [0.717, 1.165) is 0 Å². The van der Waals surface area contributed by atoms with Crippen LogP contribution >= 0.6 is 11.8 Å². The molecule has 0 amide bonds. The fraction of sp³-hybridized carbons (Fsp3) is 0.571. The molecule has 0 aliphatic carbocycles. The van der Waals surface area contributed by atoms with Gasteiger partial charge in [0.15, 0.2) is 0 Å². The molecule has 0 heterocycles. The van der Waals surface area contributed by atoms with Crippen molar-refractivity contribution in [1.82, 2.24) is 5.32 Å². The highest BCUT2D eigenvalue weighted by molar-refractivity contribution is 7.99. The summed E-state index contributed by atoms with van der Waals surface area (Å²) in [5.74, 6) is 0.154. The fourth-order valence-corrected chi connectivity index (χ4v) is 2.40. The minimum absolute atomic E-state index is 0.120. The lowest BCUT2D eigenvalue weighted by Gasteiger charge is -2.10. The number of benzene rings is 1. The first-order valence-corrected chi connectivity index (χ1v) is 7.33. The molecule has 0 atom stereocenters. The predicted molar refractivity (Wildman–Crippen MR) is 75.5 cm³/mol. The van der Waals surface area contributed by atoms with Crippen LogP contribution in [-0.4, -0.2) is 26.0 Å². The summed E-state index contributed by atoms with van der Waals surface area (Å²) in [5.41, 5.74) is 0.611. The van der Waals surface area contributed by atoms with Gasteiger partial charge in [-0.2, -0.15) is 0 Å². The summed E-state index contributed by atoms with van der Waals surface area (Å²) < 4.78 is 32.5. The molecule has 0 aliphatic rings. The third-order valence-corrected chi connectivity index (χ3v) is 3.94. The second-order valence-electron chi connectivity index (χ2n) is 4.76. The number of ether oxygens (including phenoxy) is 1. The van der Waals surface area contributed by atoms with Crippen LogP contribution in [0.15, 0.2) is 17.0 Å². The zero-order chi connectivity index (χ0) is 14.3. The van der Waals surface area contributed by atoms with Crippen molar-refractivity contribution in [2.24, 2.45) is 5.92 Å². The van der Waals surface area contributed by atoms with Gasteiger partial charge in [-0.25, -0.2) is 8.78 Å². The molecule has 0 aromatic heterocycles. The van der Waals surface area contributed by atoms with Gasteiger partial charge in [-0.05, 0) is 23.6 Å². The van der Waals surface area contributed by atoms with Gasteiger partial charge in [-0.15, -0.1) is 11.8 Å². The van der Waals surface area contributed by atoms with Crippen LogP contribution < -0.4 is 5.32 Å². The van der Waals surface area contributed by atoms with Gasteiger partial charge in [0.2, 0.25) is 0 Å². The molecule has 1 rings (SSSR count). The smallest absolute Gasteiger partial charge is 0.140 e. The molecule has 0 fully saturated rings. The Hall–Kier alpha value is -0.650. The molecule has 1 aromatic rings. The van der Waals surface area contributed by atoms with Gasteiger partial charge < -0.3 is 10.1 Å². The van der Waals surface area contributed by atoms with E-state index in [2.05, 4.69) is 5.32 Å². The standard InChI is InChI=1S/C14H21F2NOS/c1-10(2)9-19-14-12(15)6-11(7-13(14)16)8-17-4-5-18-3/h6-7,10,17H,4-5,8-9H2,1-3H3. The van der Waals surface area contributed by atoms with Crippen LogP contribution in [0.2, 0.25) is 0 Å². The molecular weight excluding hydrogens is 268 g/mol. The van der Waals surface area contributed by atoms with Gasteiger partial charge in [0.05, 0.1) is 11.5 Å². The summed E-state index contributed by atoms with van der Waals surface area (Å²) in [6.45, 7) is 5.72. The minimum atomic E-state index is -0.478. The minimum Gasteiger partial charge on any atom is -0.383 e. The largest absolute Gasteiger partial charge is 0.383 e. The number of methoxy groups -OCH3 is 1. The van der Waals surface area contributed by atoms with Crippen LogP contribution in [0.3, 0.4) is 0 Å². The van der Waals surface area contributed by atoms with Crippen LogP contribution in [0.4, 0.5) is 8.78 Å². The van der Waals surface area contributed by atoms with E-state index in [4.69, 9.17) is 4.74 Å². The van der Waals surface area contributed by atoms with Crippen molar-refractivity contribution in [3.8, 4) is 0 Å². The Balaban J connectivity index is 2.62. The van der Waals surface area contributed by atoms with E-state index in [1.54, 1.807) is 7.11 Å². The van der Waals surface area contributed by atoms with Gasteiger partial charge in [0, 0.05) is 26.0 Å². The Morgan fingerprint density at radius 1 is 1.26 bits per heavy atom. The summed E-state index contributed by atoms with van der Waals surface area (Å²) in [7, 11) is 1.61. The number of hydrogen-bond acceptors (Lipinski definition) is 3. The third-order valence-electron chi connectivity index (χ3n) is 2.43. The maximum Gasteiger partial charge on any atom is 0.140 e. The molecule has 0 radical (unpaired) electrons. The average Bonchev–Trinajstić information content (AvgIpc) is 2.33. The Bertz CT molecular complexity index is 376. The highest BCUT2D eigenvalue weighted by Crippen LogP contribution is 2.27. The average molecular weight is 289 g/mol. The lowest BCUT2D eigenvalue weighted by atomic mass is 10.2. The van der Waals surface area contributed by atoms with E-state index in [-0.39, 0.29) is 4.90 Å². The monoisotopic (exact) mass is 289 g/mol. The molecule has 0 unspecified atom stereocenters. The van der Waals surface area contributed by atoms with Gasteiger partial charge in [0.1, 0.15) is 11.6 Å². The van der Waals surface area contributed by atoms with E-state index in [0.29, 0.717) is 36.9 Å². The van der Waals surface area contributed by atoms with Crippen LogP contribution in [0.5, 0.6) is 0 Å². The molecule has 0 saturated heterocycles. The Kier molecular flexibility index (Phi) is 7.34. The zero-order valence-electron chi connectivity index (χ0n) is 11.6. The second-order valence-corrected chi connectivity index (χ2v) is 5.79. The molecule has 19 heavy (non-hydrogen) atoms. The van der Waals surface area contributed by atoms with Gasteiger partial charge in [-0.3, -0.25) is 0 Å². The molecule has 0 saturated carbocycles. The number of halogens is 2. The van der Waals surface area contributed by atoms with E-state index < -0.39 is 11.6 Å². The first-order chi connectivity index (χ1) is 9.04. The molecule has 0 bridgehead atoms. The van der Waals surface area contributed by atoms with Crippen molar-refractivity contribution in [1.29, 1.82) is 0 Å². The Morgan fingerprint density at radius 2 is 1.89 bits per heavy atom. The predicted octanol–water partition coefficient (Wildman–Crippen LogP) is 3.45. The highest BCUT2D eigenvalue weighted by Gasteiger charge is 2.12. The van der Waals surface area contributed by atoms with Crippen LogP contribution in [0.1, 0.15) is 19.4 Å². The summed E-state index contributed by atoms with van der Waals surface area (Å²) in [6, 6.07) is 2.79. The summed E-state index contributed by atoms with van der Waals surface area (Å²) >= 11 is 1.23. The second kappa shape index (κ2) is 8.51. The molecule has 5 heteroatoms. The van der Waals surface area contributed by atoms with E-state index in [1.165, 1.54) is 23.9 Å². The molecule has 0 spiro atoms. The lowest BCUT2D eigenvalue weighted by Crippen LogP contribution is -2.18. The van der Waals surface area contributed by atoms with Gasteiger partial charge in [-0.1, -0.05) is 13.8 Å². The van der Waals surface area contributed by atoms with E-state index >= 15 is 0 Å². The third kappa shape index (κ3) is 5.89. The van der Waals surface area contributed by atoms with Crippen LogP contribution in [0.25, 0.3) is 0 Å². The van der Waals surface area contributed by atoms with E-state index in [1.807, 2.05) is 13.8 Å². The van der Waals surface area contributed by atoms with Crippen LogP contribution in [-0.2, 0) is 11.3 Å². The SMILES string of the molecule is COCCNCc1cc(F)c(SCC(C)C)c(F)c1. The van der Waals surface area contributed by atoms with Gasteiger partial charge >= 0.3 is 0 Å². The number of hydrogen-bond donors (Lipinski definition) is 1. The number of rotatable bonds is 8. The zero-order valence-corrected chi connectivity index (χ0v) is 12.4. The first-order valence-electron chi connectivity index (χ1n) is 6.35. The number of thioether (sulfide) groups is 1. The van der Waals surface area contributed by atoms with Crippen molar-refractivity contribution in [2.75, 3.05) is 26.0 Å². The maximum atomic E-state index is 13.8. The first kappa shape index (κ1) is 16.4. The van der Waals surface area contributed by atoms with Crippen LogP contribution in [0, 0.1) is 17.6 Å². The summed E-state index contributed by atoms with van der Waals surface area (Å²) in [6.07, 6.45) is 0. The topological polar surface area (TPSA) is 21.3 Å². The summed E-state index contributed by atoms with van der Waals surface area (Å²) in [5, 5.41) is 3.06. The Morgan fingerprint density at radius 3 is 2.42 bits per heavy atom. The summed E-state index contributed by atoms with van der Waals surface area (Å²) in [4.78, 5) is 0.120. The lowest BCUT2D eigenvalue weighted by molar-refractivity contribution is 0.199. The highest BCUT2D eigenvalue weighted by atomic mass is 32.2. The molecule has 1 N–H and O–H groups in total. The molecular formula is C14H21F2NOS. The van der Waals surface area contributed by atoms with E-state index in [9.17, 15) is 8.78 Å². The fourth-order valence-electron chi connectivity index (χ4n) is 1.51. The molecule has 1 aromatic carbocycles. The normalized spacial score (nSPS) is 11.3. The molecule has 108 valence electrons. The van der Waals surface area contributed by atoms with Gasteiger partial charge in [0.25, 0.3) is 0 Å². The number of nitrogens with one attached hydrogen (secondary N) is 1. The van der Waals surface area contributed by atoms with Crippen molar-refractivity contribution < 1.29 is 13.5 Å².